The Morgan fingerprint density at radius 2 is 1.50 bits per heavy atom. The van der Waals surface area contributed by atoms with Gasteiger partial charge in [0.25, 0.3) is 0 Å². The van der Waals surface area contributed by atoms with E-state index in [1.165, 1.54) is 83.3 Å². The highest BCUT2D eigenvalue weighted by Crippen LogP contribution is 2.36. The number of aldehydes is 1. The predicted octanol–water partition coefficient (Wildman–Crippen LogP) is 6.40. The van der Waals surface area contributed by atoms with Crippen molar-refractivity contribution in [2.24, 2.45) is 29.6 Å². The zero-order chi connectivity index (χ0) is 15.8. The van der Waals surface area contributed by atoms with Gasteiger partial charge >= 0.3 is 0 Å². The van der Waals surface area contributed by atoms with E-state index in [1.54, 1.807) is 0 Å². The first-order valence-corrected chi connectivity index (χ1v) is 10.2. The van der Waals surface area contributed by atoms with Crippen LogP contribution in [0.5, 0.6) is 0 Å². The maximum Gasteiger partial charge on any atom is 0.123 e. The molecule has 1 nitrogen and oxygen atoms in total. The summed E-state index contributed by atoms with van der Waals surface area (Å²) in [6.07, 6.45) is 19.1. The van der Waals surface area contributed by atoms with E-state index in [9.17, 15) is 4.79 Å². The fraction of sp³-hybridized carbons (Fsp3) is 0.952. The molecule has 0 aromatic heterocycles. The molecule has 22 heavy (non-hydrogen) atoms. The molecule has 0 N–H and O–H groups in total. The van der Waals surface area contributed by atoms with Gasteiger partial charge in [-0.2, -0.15) is 0 Å². The van der Waals surface area contributed by atoms with E-state index >= 15 is 0 Å². The summed E-state index contributed by atoms with van der Waals surface area (Å²) in [5.41, 5.74) is 0. The molecule has 0 saturated heterocycles. The standard InChI is InChI=1S/C21H38O/c1-17-13-14-19(18(2)15-17)9-5-3-4-6-10-20-11-7-8-12-21(20)16-22/h16-21H,3-15H2,1-2H3. The van der Waals surface area contributed by atoms with Crippen molar-refractivity contribution in [3.63, 3.8) is 0 Å². The first-order chi connectivity index (χ1) is 10.7. The highest BCUT2D eigenvalue weighted by atomic mass is 16.1. The van der Waals surface area contributed by atoms with Crippen LogP contribution in [0.3, 0.4) is 0 Å². The van der Waals surface area contributed by atoms with Crippen molar-refractivity contribution >= 4 is 6.29 Å². The topological polar surface area (TPSA) is 17.1 Å². The van der Waals surface area contributed by atoms with Gasteiger partial charge in [-0.3, -0.25) is 0 Å². The SMILES string of the molecule is CC1CCC(CCCCCCC2CCCCC2C=O)C(C)C1. The lowest BCUT2D eigenvalue weighted by atomic mass is 9.73. The van der Waals surface area contributed by atoms with Crippen molar-refractivity contribution in [2.45, 2.75) is 97.3 Å². The second-order valence-corrected chi connectivity index (χ2v) is 8.49. The number of hydrogen-bond acceptors (Lipinski definition) is 1. The molecular weight excluding hydrogens is 268 g/mol. The van der Waals surface area contributed by atoms with Crippen LogP contribution in [0, 0.1) is 29.6 Å². The highest BCUT2D eigenvalue weighted by Gasteiger charge is 2.25. The number of hydrogen-bond donors (Lipinski definition) is 0. The number of carbonyl (C=O) groups is 1. The molecule has 0 radical (unpaired) electrons. The van der Waals surface area contributed by atoms with Crippen LogP contribution in [0.15, 0.2) is 0 Å². The van der Waals surface area contributed by atoms with Crippen LogP contribution in [0.4, 0.5) is 0 Å². The van der Waals surface area contributed by atoms with Crippen LogP contribution < -0.4 is 0 Å². The number of carbonyl (C=O) groups excluding carboxylic acids is 1. The van der Waals surface area contributed by atoms with Gasteiger partial charge in [0.05, 0.1) is 0 Å². The molecule has 2 aliphatic carbocycles. The molecule has 0 amide bonds. The minimum atomic E-state index is 0.388. The Kier molecular flexibility index (Phi) is 7.97. The molecule has 2 fully saturated rings. The van der Waals surface area contributed by atoms with Crippen molar-refractivity contribution in [1.29, 1.82) is 0 Å². The largest absolute Gasteiger partial charge is 0.303 e. The Bertz CT molecular complexity index is 311. The summed E-state index contributed by atoms with van der Waals surface area (Å²) in [4.78, 5) is 11.1. The van der Waals surface area contributed by atoms with Gasteiger partial charge in [0.2, 0.25) is 0 Å². The van der Waals surface area contributed by atoms with Crippen molar-refractivity contribution in [3.05, 3.63) is 0 Å². The van der Waals surface area contributed by atoms with E-state index in [0.29, 0.717) is 11.8 Å². The molecular formula is C21H38O. The highest BCUT2D eigenvalue weighted by molar-refractivity contribution is 5.54. The summed E-state index contributed by atoms with van der Waals surface area (Å²) in [5, 5.41) is 0. The maximum atomic E-state index is 11.1. The van der Waals surface area contributed by atoms with Gasteiger partial charge in [-0.05, 0) is 55.8 Å². The van der Waals surface area contributed by atoms with Gasteiger partial charge in [-0.1, -0.05) is 65.2 Å². The molecule has 0 spiro atoms. The minimum absolute atomic E-state index is 0.388. The summed E-state index contributed by atoms with van der Waals surface area (Å²) >= 11 is 0. The van der Waals surface area contributed by atoms with Gasteiger partial charge in [-0.25, -0.2) is 0 Å². The number of unbranched alkanes of at least 4 members (excludes halogenated alkanes) is 3. The van der Waals surface area contributed by atoms with Crippen molar-refractivity contribution < 1.29 is 4.79 Å². The Morgan fingerprint density at radius 1 is 0.818 bits per heavy atom. The van der Waals surface area contributed by atoms with Gasteiger partial charge < -0.3 is 4.79 Å². The van der Waals surface area contributed by atoms with E-state index in [0.717, 1.165) is 24.2 Å². The van der Waals surface area contributed by atoms with Gasteiger partial charge in [0.15, 0.2) is 0 Å². The third kappa shape index (κ3) is 5.70. The van der Waals surface area contributed by atoms with Gasteiger partial charge in [0.1, 0.15) is 6.29 Å². The quantitative estimate of drug-likeness (QED) is 0.374. The monoisotopic (exact) mass is 306 g/mol. The molecule has 1 heteroatoms. The average Bonchev–Trinajstić information content (AvgIpc) is 2.52. The van der Waals surface area contributed by atoms with Crippen molar-refractivity contribution in [3.8, 4) is 0 Å². The van der Waals surface area contributed by atoms with E-state index < -0.39 is 0 Å². The fourth-order valence-electron chi connectivity index (χ4n) is 5.10. The molecule has 0 aliphatic heterocycles. The Morgan fingerprint density at radius 3 is 2.18 bits per heavy atom. The van der Waals surface area contributed by atoms with Crippen LogP contribution in [-0.4, -0.2) is 6.29 Å². The third-order valence-electron chi connectivity index (χ3n) is 6.65. The summed E-state index contributed by atoms with van der Waals surface area (Å²) < 4.78 is 0. The van der Waals surface area contributed by atoms with Crippen LogP contribution >= 0.6 is 0 Å². The molecule has 2 aliphatic rings. The Balaban J connectivity index is 1.51. The normalized spacial score (nSPS) is 36.2. The zero-order valence-electron chi connectivity index (χ0n) is 15.1. The lowest BCUT2D eigenvalue weighted by Crippen LogP contribution is -2.21. The summed E-state index contributed by atoms with van der Waals surface area (Å²) in [7, 11) is 0. The molecule has 0 heterocycles. The van der Waals surface area contributed by atoms with Crippen LogP contribution in [0.2, 0.25) is 0 Å². The van der Waals surface area contributed by atoms with E-state index in [1.807, 2.05) is 0 Å². The zero-order valence-corrected chi connectivity index (χ0v) is 15.1. The van der Waals surface area contributed by atoms with E-state index in [4.69, 9.17) is 0 Å². The Labute approximate surface area is 138 Å². The Hall–Kier alpha value is -0.330. The molecule has 0 aromatic rings. The first kappa shape index (κ1) is 18.0. The number of rotatable bonds is 8. The van der Waals surface area contributed by atoms with Crippen molar-refractivity contribution in [1.82, 2.24) is 0 Å². The van der Waals surface area contributed by atoms with Crippen LogP contribution in [0.25, 0.3) is 0 Å². The van der Waals surface area contributed by atoms with Crippen LogP contribution in [0.1, 0.15) is 97.3 Å². The second kappa shape index (κ2) is 9.73. The summed E-state index contributed by atoms with van der Waals surface area (Å²) in [6.45, 7) is 4.90. The molecule has 5 atom stereocenters. The smallest absolute Gasteiger partial charge is 0.123 e. The first-order valence-electron chi connectivity index (χ1n) is 10.2. The van der Waals surface area contributed by atoms with E-state index in [2.05, 4.69) is 13.8 Å². The molecule has 5 unspecified atom stereocenters. The molecule has 2 rings (SSSR count). The summed E-state index contributed by atoms with van der Waals surface area (Å²) in [6, 6.07) is 0. The predicted molar refractivity (Wildman–Crippen MR) is 94.9 cm³/mol. The van der Waals surface area contributed by atoms with Gasteiger partial charge in [-0.15, -0.1) is 0 Å². The molecule has 0 bridgehead atoms. The second-order valence-electron chi connectivity index (χ2n) is 8.49. The fourth-order valence-corrected chi connectivity index (χ4v) is 5.10. The lowest BCUT2D eigenvalue weighted by Gasteiger charge is -2.32. The molecule has 2 saturated carbocycles. The minimum Gasteiger partial charge on any atom is -0.303 e. The molecule has 128 valence electrons. The average molecular weight is 307 g/mol. The lowest BCUT2D eigenvalue weighted by molar-refractivity contribution is -0.113. The third-order valence-corrected chi connectivity index (χ3v) is 6.65. The van der Waals surface area contributed by atoms with Gasteiger partial charge in [0, 0.05) is 5.92 Å². The maximum absolute atomic E-state index is 11.1. The van der Waals surface area contributed by atoms with Crippen molar-refractivity contribution in [2.75, 3.05) is 0 Å². The van der Waals surface area contributed by atoms with E-state index in [-0.39, 0.29) is 0 Å². The van der Waals surface area contributed by atoms with Crippen LogP contribution in [-0.2, 0) is 4.79 Å². The molecule has 0 aromatic carbocycles. The summed E-state index contributed by atoms with van der Waals surface area (Å²) in [5.74, 6) is 4.03.